The second kappa shape index (κ2) is 3.68. The maximum atomic E-state index is 11.8. The van der Waals surface area contributed by atoms with Gasteiger partial charge in [-0.1, -0.05) is 0 Å². The Bertz CT molecular complexity index is 470. The van der Waals surface area contributed by atoms with Gasteiger partial charge in [0.25, 0.3) is 5.91 Å². The second-order valence-corrected chi connectivity index (χ2v) is 3.76. The van der Waals surface area contributed by atoms with E-state index in [1.54, 1.807) is 6.20 Å². The van der Waals surface area contributed by atoms with E-state index in [1.165, 1.54) is 0 Å². The lowest BCUT2D eigenvalue weighted by Crippen LogP contribution is -2.42. The van der Waals surface area contributed by atoms with Gasteiger partial charge in [-0.3, -0.25) is 9.79 Å². The van der Waals surface area contributed by atoms with Crippen LogP contribution in [0.4, 0.5) is 5.82 Å². The first-order valence-corrected chi connectivity index (χ1v) is 5.28. The second-order valence-electron chi connectivity index (χ2n) is 3.76. The molecule has 1 aromatic heterocycles. The lowest BCUT2D eigenvalue weighted by atomic mass is 10.0. The predicted octanol–water partition coefficient (Wildman–Crippen LogP) is 0.612. The van der Waals surface area contributed by atoms with Crippen LogP contribution in [0.3, 0.4) is 0 Å². The molecule has 2 aliphatic rings. The molecule has 0 spiro atoms. The van der Waals surface area contributed by atoms with Crippen LogP contribution in [0.1, 0.15) is 12.0 Å². The van der Waals surface area contributed by atoms with Crippen molar-refractivity contribution in [1.29, 1.82) is 0 Å². The molecular formula is C11H11N3O2. The molecule has 3 rings (SSSR count). The highest BCUT2D eigenvalue weighted by molar-refractivity contribution is 6.24. The van der Waals surface area contributed by atoms with Gasteiger partial charge in [-0.15, -0.1) is 0 Å². The number of carbonyl (C=O) groups excluding carboxylic acids is 1. The van der Waals surface area contributed by atoms with Gasteiger partial charge in [0.1, 0.15) is 5.82 Å². The molecule has 0 saturated carbocycles. The Morgan fingerprint density at radius 1 is 1.50 bits per heavy atom. The van der Waals surface area contributed by atoms with Gasteiger partial charge in [-0.25, -0.2) is 4.98 Å². The van der Waals surface area contributed by atoms with E-state index in [1.807, 2.05) is 12.1 Å². The third-order valence-electron chi connectivity index (χ3n) is 2.68. The summed E-state index contributed by atoms with van der Waals surface area (Å²) in [4.78, 5) is 20.3. The van der Waals surface area contributed by atoms with Crippen LogP contribution < -0.4 is 5.32 Å². The van der Waals surface area contributed by atoms with E-state index >= 15 is 0 Å². The molecule has 5 nitrogen and oxygen atoms in total. The third-order valence-corrected chi connectivity index (χ3v) is 2.68. The molecule has 1 amide bonds. The Labute approximate surface area is 92.5 Å². The monoisotopic (exact) mass is 217 g/mol. The number of pyridine rings is 1. The number of hydrogen-bond acceptors (Lipinski definition) is 4. The van der Waals surface area contributed by atoms with Crippen LogP contribution in [0.5, 0.6) is 0 Å². The molecule has 1 unspecified atom stereocenters. The number of aromatic nitrogens is 1. The van der Waals surface area contributed by atoms with Crippen molar-refractivity contribution in [2.45, 2.75) is 12.5 Å². The summed E-state index contributed by atoms with van der Waals surface area (Å²) in [5, 5.41) is 2.73. The van der Waals surface area contributed by atoms with Gasteiger partial charge in [0, 0.05) is 24.9 Å². The van der Waals surface area contributed by atoms with E-state index in [2.05, 4.69) is 15.3 Å². The summed E-state index contributed by atoms with van der Waals surface area (Å²) in [7, 11) is 0. The molecule has 3 heterocycles. The summed E-state index contributed by atoms with van der Waals surface area (Å²) in [6.45, 7) is 1.27. The van der Waals surface area contributed by atoms with Crippen molar-refractivity contribution in [2.75, 3.05) is 18.5 Å². The maximum Gasteiger partial charge on any atom is 0.260 e. The number of carbonyl (C=O) groups is 1. The van der Waals surface area contributed by atoms with Crippen LogP contribution in [-0.2, 0) is 9.53 Å². The maximum absolute atomic E-state index is 11.8. The third kappa shape index (κ3) is 1.40. The van der Waals surface area contributed by atoms with Crippen LogP contribution in [0.25, 0.3) is 0 Å². The van der Waals surface area contributed by atoms with Gasteiger partial charge in [-0.2, -0.15) is 0 Å². The van der Waals surface area contributed by atoms with Crippen molar-refractivity contribution in [3.63, 3.8) is 0 Å². The summed E-state index contributed by atoms with van der Waals surface area (Å²) < 4.78 is 5.51. The van der Waals surface area contributed by atoms with Crippen LogP contribution in [0, 0.1) is 0 Å². The molecule has 5 heteroatoms. The molecule has 0 saturated heterocycles. The Balaban J connectivity index is 2.13. The molecule has 1 atom stereocenters. The highest BCUT2D eigenvalue weighted by atomic mass is 16.5. The number of anilines is 1. The number of aliphatic imine (C=N–C) groups is 1. The zero-order valence-electron chi connectivity index (χ0n) is 8.64. The van der Waals surface area contributed by atoms with Crippen LogP contribution >= 0.6 is 0 Å². The van der Waals surface area contributed by atoms with E-state index in [9.17, 15) is 4.79 Å². The zero-order chi connectivity index (χ0) is 11.0. The molecular weight excluding hydrogens is 206 g/mol. The largest absolute Gasteiger partial charge is 0.362 e. The number of rotatable bonds is 0. The summed E-state index contributed by atoms with van der Waals surface area (Å²) in [5.74, 6) is 0.403. The Kier molecular flexibility index (Phi) is 2.18. The van der Waals surface area contributed by atoms with Crippen molar-refractivity contribution in [3.8, 4) is 0 Å². The number of fused-ring (bicyclic) bond motifs is 3. The minimum Gasteiger partial charge on any atom is -0.362 e. The fourth-order valence-electron chi connectivity index (χ4n) is 1.95. The highest BCUT2D eigenvalue weighted by Gasteiger charge is 2.34. The van der Waals surface area contributed by atoms with E-state index in [-0.39, 0.29) is 5.91 Å². The quantitative estimate of drug-likeness (QED) is 0.692. The van der Waals surface area contributed by atoms with Crippen molar-refractivity contribution in [3.05, 3.63) is 23.9 Å². The molecule has 2 aliphatic heterocycles. The van der Waals surface area contributed by atoms with Gasteiger partial charge in [0.15, 0.2) is 6.10 Å². The Morgan fingerprint density at radius 3 is 3.38 bits per heavy atom. The van der Waals surface area contributed by atoms with Gasteiger partial charge in [0.05, 0.1) is 5.71 Å². The highest BCUT2D eigenvalue weighted by Crippen LogP contribution is 2.23. The summed E-state index contributed by atoms with van der Waals surface area (Å²) >= 11 is 0. The molecule has 1 N–H and O–H groups in total. The van der Waals surface area contributed by atoms with Crippen molar-refractivity contribution < 1.29 is 9.53 Å². The summed E-state index contributed by atoms with van der Waals surface area (Å²) in [5.41, 5.74) is 1.58. The summed E-state index contributed by atoms with van der Waals surface area (Å²) in [6.07, 6.45) is 1.93. The van der Waals surface area contributed by atoms with E-state index in [0.29, 0.717) is 24.7 Å². The van der Waals surface area contributed by atoms with Crippen molar-refractivity contribution in [1.82, 2.24) is 4.98 Å². The fourth-order valence-corrected chi connectivity index (χ4v) is 1.95. The number of hydrogen-bond donors (Lipinski definition) is 1. The average Bonchev–Trinajstić information content (AvgIpc) is 2.55. The van der Waals surface area contributed by atoms with Crippen LogP contribution in [0.2, 0.25) is 0 Å². The fraction of sp³-hybridized carbons (Fsp3) is 0.364. The smallest absolute Gasteiger partial charge is 0.260 e. The van der Waals surface area contributed by atoms with Crippen LogP contribution in [0.15, 0.2) is 23.3 Å². The van der Waals surface area contributed by atoms with Crippen molar-refractivity contribution >= 4 is 17.4 Å². The van der Waals surface area contributed by atoms with E-state index in [0.717, 1.165) is 12.0 Å². The molecule has 16 heavy (non-hydrogen) atoms. The molecule has 0 radical (unpaired) electrons. The lowest BCUT2D eigenvalue weighted by molar-refractivity contribution is -0.123. The lowest BCUT2D eigenvalue weighted by Gasteiger charge is -2.24. The molecule has 82 valence electrons. The molecule has 0 aromatic carbocycles. The SMILES string of the molecule is O=C1Nc2ncccc2C2=NCCCOC12. The number of nitrogens with zero attached hydrogens (tertiary/aromatic N) is 2. The number of ether oxygens (including phenoxy) is 1. The van der Waals surface area contributed by atoms with Crippen LogP contribution in [-0.4, -0.2) is 35.9 Å². The van der Waals surface area contributed by atoms with Gasteiger partial charge in [-0.05, 0) is 18.6 Å². The summed E-state index contributed by atoms with van der Waals surface area (Å²) in [6, 6.07) is 3.74. The minimum absolute atomic E-state index is 0.174. The molecule has 0 bridgehead atoms. The van der Waals surface area contributed by atoms with Gasteiger partial charge < -0.3 is 10.1 Å². The molecule has 1 aromatic rings. The van der Waals surface area contributed by atoms with Gasteiger partial charge >= 0.3 is 0 Å². The molecule has 0 aliphatic carbocycles. The number of amides is 1. The first-order valence-electron chi connectivity index (χ1n) is 5.28. The predicted molar refractivity (Wildman–Crippen MR) is 58.6 cm³/mol. The topological polar surface area (TPSA) is 63.6 Å². The van der Waals surface area contributed by atoms with E-state index < -0.39 is 6.10 Å². The first-order chi connectivity index (χ1) is 7.86. The normalized spacial score (nSPS) is 23.6. The Morgan fingerprint density at radius 2 is 2.44 bits per heavy atom. The zero-order valence-corrected chi connectivity index (χ0v) is 8.64. The van der Waals surface area contributed by atoms with E-state index in [4.69, 9.17) is 4.74 Å². The molecule has 0 fully saturated rings. The Hall–Kier alpha value is -1.75. The number of nitrogens with one attached hydrogen (secondary N) is 1. The standard InChI is InChI=1S/C11H11N3O2/c15-11-9-8(12-5-2-6-16-9)7-3-1-4-13-10(7)14-11/h1,3-4,9H,2,5-6H2,(H,13,14,15). The van der Waals surface area contributed by atoms with Gasteiger partial charge in [0.2, 0.25) is 0 Å². The van der Waals surface area contributed by atoms with Crippen molar-refractivity contribution in [2.24, 2.45) is 4.99 Å². The minimum atomic E-state index is -0.570. The average molecular weight is 217 g/mol. The first kappa shape index (κ1) is 9.47.